The SMILES string of the molecule is COc1ccc(NC(=O)N2CCN(CC(=O)c3cccs3)CC2)cc1OC. The molecule has 1 N–H and O–H groups in total. The van der Waals surface area contributed by atoms with Crippen LogP contribution >= 0.6 is 11.3 Å². The first kappa shape index (κ1) is 19.2. The second-order valence-electron chi connectivity index (χ2n) is 6.16. The lowest BCUT2D eigenvalue weighted by molar-refractivity contribution is 0.0887. The van der Waals surface area contributed by atoms with Crippen LogP contribution in [0.1, 0.15) is 9.67 Å². The molecule has 0 bridgehead atoms. The van der Waals surface area contributed by atoms with Crippen molar-refractivity contribution in [2.45, 2.75) is 0 Å². The zero-order valence-corrected chi connectivity index (χ0v) is 16.3. The van der Waals surface area contributed by atoms with Gasteiger partial charge in [-0.3, -0.25) is 9.69 Å². The van der Waals surface area contributed by atoms with E-state index in [2.05, 4.69) is 10.2 Å². The van der Waals surface area contributed by atoms with Gasteiger partial charge in [-0.2, -0.15) is 0 Å². The van der Waals surface area contributed by atoms with Crippen molar-refractivity contribution in [2.24, 2.45) is 0 Å². The molecule has 27 heavy (non-hydrogen) atoms. The molecule has 7 nitrogen and oxygen atoms in total. The van der Waals surface area contributed by atoms with E-state index < -0.39 is 0 Å². The lowest BCUT2D eigenvalue weighted by Gasteiger charge is -2.34. The number of Topliss-reactive ketones (excluding diaryl/α,β-unsaturated/α-hetero) is 1. The molecular weight excluding hydrogens is 366 g/mol. The Morgan fingerprint density at radius 3 is 2.44 bits per heavy atom. The second kappa shape index (κ2) is 8.88. The first-order valence-corrected chi connectivity index (χ1v) is 9.55. The molecule has 0 radical (unpaired) electrons. The summed E-state index contributed by atoms with van der Waals surface area (Å²) in [6.45, 7) is 2.91. The first-order chi connectivity index (χ1) is 13.1. The highest BCUT2D eigenvalue weighted by Crippen LogP contribution is 2.29. The summed E-state index contributed by atoms with van der Waals surface area (Å²) >= 11 is 1.46. The van der Waals surface area contributed by atoms with E-state index in [0.29, 0.717) is 49.9 Å². The van der Waals surface area contributed by atoms with Gasteiger partial charge >= 0.3 is 6.03 Å². The van der Waals surface area contributed by atoms with Gasteiger partial charge in [0.25, 0.3) is 0 Å². The third-order valence-electron chi connectivity index (χ3n) is 4.46. The van der Waals surface area contributed by atoms with Crippen LogP contribution in [0.2, 0.25) is 0 Å². The van der Waals surface area contributed by atoms with Crippen molar-refractivity contribution >= 4 is 28.8 Å². The van der Waals surface area contributed by atoms with Gasteiger partial charge in [0.05, 0.1) is 25.6 Å². The van der Waals surface area contributed by atoms with Crippen molar-refractivity contribution in [3.8, 4) is 11.5 Å². The molecule has 0 spiro atoms. The van der Waals surface area contributed by atoms with Crippen molar-refractivity contribution in [1.29, 1.82) is 0 Å². The van der Waals surface area contributed by atoms with Gasteiger partial charge in [0, 0.05) is 37.9 Å². The van der Waals surface area contributed by atoms with Crippen molar-refractivity contribution < 1.29 is 19.1 Å². The zero-order chi connectivity index (χ0) is 19.2. The number of hydrogen-bond acceptors (Lipinski definition) is 6. The summed E-state index contributed by atoms with van der Waals surface area (Å²) in [4.78, 5) is 29.3. The molecule has 1 aliphatic heterocycles. The monoisotopic (exact) mass is 389 g/mol. The number of urea groups is 1. The summed E-state index contributed by atoms with van der Waals surface area (Å²) in [5.74, 6) is 1.31. The van der Waals surface area contributed by atoms with Crippen molar-refractivity contribution in [3.05, 3.63) is 40.6 Å². The standard InChI is InChI=1S/C19H23N3O4S/c1-25-16-6-5-14(12-17(16)26-2)20-19(24)22-9-7-21(8-10-22)13-15(23)18-4-3-11-27-18/h3-6,11-12H,7-10,13H2,1-2H3,(H,20,24). The Balaban J connectivity index is 1.50. The maximum atomic E-state index is 12.5. The Hall–Kier alpha value is -2.58. The fraction of sp³-hybridized carbons (Fsp3) is 0.368. The van der Waals surface area contributed by atoms with Crippen LogP contribution in [0.15, 0.2) is 35.7 Å². The Kier molecular flexibility index (Phi) is 6.31. The van der Waals surface area contributed by atoms with Gasteiger partial charge in [-0.1, -0.05) is 6.07 Å². The third kappa shape index (κ3) is 4.78. The Morgan fingerprint density at radius 1 is 1.07 bits per heavy atom. The quantitative estimate of drug-likeness (QED) is 0.770. The van der Waals surface area contributed by atoms with E-state index in [0.717, 1.165) is 4.88 Å². The molecule has 1 fully saturated rings. The number of carbonyl (C=O) groups is 2. The molecule has 0 saturated carbocycles. The molecule has 1 aliphatic rings. The number of thiophene rings is 1. The van der Waals surface area contributed by atoms with Gasteiger partial charge in [0.15, 0.2) is 17.3 Å². The van der Waals surface area contributed by atoms with E-state index in [1.807, 2.05) is 17.5 Å². The van der Waals surface area contributed by atoms with Gasteiger partial charge in [-0.05, 0) is 23.6 Å². The predicted molar refractivity (Wildman–Crippen MR) is 105 cm³/mol. The summed E-state index contributed by atoms with van der Waals surface area (Å²) in [5, 5.41) is 4.79. The van der Waals surface area contributed by atoms with Gasteiger partial charge in [-0.25, -0.2) is 4.79 Å². The number of rotatable bonds is 6. The fourth-order valence-electron chi connectivity index (χ4n) is 2.94. The molecule has 1 aromatic heterocycles. The largest absolute Gasteiger partial charge is 0.493 e. The highest BCUT2D eigenvalue weighted by molar-refractivity contribution is 7.12. The summed E-state index contributed by atoms with van der Waals surface area (Å²) in [5.41, 5.74) is 0.646. The van der Waals surface area contributed by atoms with Gasteiger partial charge in [0.2, 0.25) is 0 Å². The summed E-state index contributed by atoms with van der Waals surface area (Å²) in [7, 11) is 3.12. The van der Waals surface area contributed by atoms with Crippen LogP contribution in [0, 0.1) is 0 Å². The lowest BCUT2D eigenvalue weighted by Crippen LogP contribution is -2.51. The second-order valence-corrected chi connectivity index (χ2v) is 7.11. The molecule has 144 valence electrons. The number of benzene rings is 1. The van der Waals surface area contributed by atoms with Gasteiger partial charge < -0.3 is 19.7 Å². The number of amides is 2. The van der Waals surface area contributed by atoms with Crippen molar-refractivity contribution in [1.82, 2.24) is 9.80 Å². The number of anilines is 1. The Morgan fingerprint density at radius 2 is 1.81 bits per heavy atom. The highest BCUT2D eigenvalue weighted by atomic mass is 32.1. The van der Waals surface area contributed by atoms with Gasteiger partial charge in [-0.15, -0.1) is 11.3 Å². The molecule has 2 aromatic rings. The van der Waals surface area contributed by atoms with Crippen LogP contribution in [0.25, 0.3) is 0 Å². The summed E-state index contributed by atoms with van der Waals surface area (Å²) < 4.78 is 10.5. The average molecular weight is 389 g/mol. The molecule has 0 aliphatic carbocycles. The van der Waals surface area contributed by atoms with Crippen molar-refractivity contribution in [3.63, 3.8) is 0 Å². The lowest BCUT2D eigenvalue weighted by atomic mass is 10.2. The average Bonchev–Trinajstić information content (AvgIpc) is 3.23. The van der Waals surface area contributed by atoms with Crippen molar-refractivity contribution in [2.75, 3.05) is 52.3 Å². The zero-order valence-electron chi connectivity index (χ0n) is 15.4. The molecule has 8 heteroatoms. The maximum absolute atomic E-state index is 12.5. The normalized spacial score (nSPS) is 14.7. The van der Waals surface area contributed by atoms with Crippen LogP contribution in [-0.4, -0.2) is 68.6 Å². The molecule has 2 heterocycles. The topological polar surface area (TPSA) is 71.1 Å². The first-order valence-electron chi connectivity index (χ1n) is 8.67. The van der Waals surface area contributed by atoms with Crippen LogP contribution in [0.4, 0.5) is 10.5 Å². The van der Waals surface area contributed by atoms with E-state index in [9.17, 15) is 9.59 Å². The number of carbonyl (C=O) groups excluding carboxylic acids is 2. The number of piperazine rings is 1. The molecule has 1 aromatic carbocycles. The fourth-order valence-corrected chi connectivity index (χ4v) is 3.60. The van der Waals surface area contributed by atoms with Crippen LogP contribution in [0.5, 0.6) is 11.5 Å². The van der Waals surface area contributed by atoms with E-state index in [1.54, 1.807) is 37.3 Å². The van der Waals surface area contributed by atoms with Crippen LogP contribution < -0.4 is 14.8 Å². The minimum absolute atomic E-state index is 0.133. The smallest absolute Gasteiger partial charge is 0.321 e. The summed E-state index contributed by atoms with van der Waals surface area (Å²) in [6, 6.07) is 8.82. The minimum atomic E-state index is -0.161. The van der Waals surface area contributed by atoms with E-state index in [4.69, 9.17) is 9.47 Å². The van der Waals surface area contributed by atoms with Crippen LogP contribution in [0.3, 0.4) is 0 Å². The third-order valence-corrected chi connectivity index (χ3v) is 5.37. The molecule has 2 amide bonds. The molecular formula is C19H23N3O4S. The molecule has 3 rings (SSSR count). The van der Waals surface area contributed by atoms with Crippen LogP contribution in [-0.2, 0) is 0 Å². The number of ether oxygens (including phenoxy) is 2. The molecule has 0 atom stereocenters. The van der Waals surface area contributed by atoms with E-state index >= 15 is 0 Å². The number of nitrogens with zero attached hydrogens (tertiary/aromatic N) is 2. The highest BCUT2D eigenvalue weighted by Gasteiger charge is 2.23. The molecule has 0 unspecified atom stereocenters. The minimum Gasteiger partial charge on any atom is -0.493 e. The molecule has 1 saturated heterocycles. The van der Waals surface area contributed by atoms with E-state index in [-0.39, 0.29) is 11.8 Å². The number of hydrogen-bond donors (Lipinski definition) is 1. The number of methoxy groups -OCH3 is 2. The van der Waals surface area contributed by atoms with E-state index in [1.165, 1.54) is 11.3 Å². The Bertz CT molecular complexity index is 786. The Labute approximate surface area is 162 Å². The number of nitrogens with one attached hydrogen (secondary N) is 1. The number of ketones is 1. The van der Waals surface area contributed by atoms with Gasteiger partial charge in [0.1, 0.15) is 0 Å². The maximum Gasteiger partial charge on any atom is 0.321 e. The predicted octanol–water partition coefficient (Wildman–Crippen LogP) is 2.80. The summed E-state index contributed by atoms with van der Waals surface area (Å²) in [6.07, 6.45) is 0.